The Labute approximate surface area is 126 Å². The van der Waals surface area contributed by atoms with Crippen molar-refractivity contribution in [1.82, 2.24) is 0 Å². The quantitative estimate of drug-likeness (QED) is 0.822. The second-order valence-electron chi connectivity index (χ2n) is 6.30. The van der Waals surface area contributed by atoms with Crippen LogP contribution in [0.3, 0.4) is 0 Å². The maximum atomic E-state index is 10.5. The number of aliphatic hydroxyl groups is 1. The van der Waals surface area contributed by atoms with Crippen molar-refractivity contribution in [2.75, 3.05) is 0 Å². The molecule has 0 aliphatic carbocycles. The van der Waals surface area contributed by atoms with Crippen LogP contribution in [0.15, 0.2) is 42.5 Å². The first kappa shape index (κ1) is 15.1. The molecule has 2 heteroatoms. The average molecular weight is 289 g/mol. The third-order valence-electron chi connectivity index (χ3n) is 3.54. The first-order valence-corrected chi connectivity index (χ1v) is 7.21. The number of aryl methyl sites for hydroxylation is 1. The lowest BCUT2D eigenvalue weighted by atomic mass is 9.86. The normalized spacial score (nSPS) is 13.3. The fraction of sp³-hybridized carbons (Fsp3) is 0.333. The monoisotopic (exact) mass is 288 g/mol. The molecule has 0 aromatic heterocycles. The second kappa shape index (κ2) is 5.59. The molecule has 2 aromatic rings. The fourth-order valence-electron chi connectivity index (χ4n) is 2.20. The summed E-state index contributed by atoms with van der Waals surface area (Å²) >= 11 is 6.22. The van der Waals surface area contributed by atoms with Crippen LogP contribution >= 0.6 is 11.6 Å². The van der Waals surface area contributed by atoms with E-state index in [1.165, 1.54) is 5.56 Å². The van der Waals surface area contributed by atoms with Crippen LogP contribution in [0, 0.1) is 6.92 Å². The highest BCUT2D eigenvalue weighted by molar-refractivity contribution is 6.31. The summed E-state index contributed by atoms with van der Waals surface area (Å²) in [6.07, 6.45) is -0.683. The Balaban J connectivity index is 2.31. The zero-order valence-corrected chi connectivity index (χ0v) is 13.2. The van der Waals surface area contributed by atoms with Gasteiger partial charge >= 0.3 is 0 Å². The molecule has 0 saturated heterocycles. The lowest BCUT2D eigenvalue weighted by Crippen LogP contribution is -2.11. The van der Waals surface area contributed by atoms with Gasteiger partial charge in [0.15, 0.2) is 0 Å². The van der Waals surface area contributed by atoms with Crippen LogP contribution < -0.4 is 0 Å². The summed E-state index contributed by atoms with van der Waals surface area (Å²) in [5.41, 5.74) is 4.08. The van der Waals surface area contributed by atoms with E-state index in [9.17, 15) is 5.11 Å². The van der Waals surface area contributed by atoms with Gasteiger partial charge in [0.2, 0.25) is 0 Å². The Bertz CT molecular complexity index is 594. The summed E-state index contributed by atoms with van der Waals surface area (Å²) in [5.74, 6) is 0. The summed E-state index contributed by atoms with van der Waals surface area (Å²) in [6.45, 7) is 8.51. The van der Waals surface area contributed by atoms with Crippen molar-refractivity contribution in [3.05, 3.63) is 69.7 Å². The van der Waals surface area contributed by atoms with Crippen molar-refractivity contribution in [2.45, 2.75) is 39.2 Å². The Morgan fingerprint density at radius 2 is 1.60 bits per heavy atom. The second-order valence-corrected chi connectivity index (χ2v) is 6.71. The number of benzene rings is 2. The Morgan fingerprint density at radius 3 is 2.10 bits per heavy atom. The van der Waals surface area contributed by atoms with Crippen LogP contribution in [-0.2, 0) is 5.41 Å². The molecule has 0 amide bonds. The van der Waals surface area contributed by atoms with E-state index in [0.29, 0.717) is 5.02 Å². The molecule has 0 fully saturated rings. The molecule has 0 aliphatic rings. The Hall–Kier alpha value is -1.31. The van der Waals surface area contributed by atoms with Crippen molar-refractivity contribution in [1.29, 1.82) is 0 Å². The minimum absolute atomic E-state index is 0.116. The zero-order valence-electron chi connectivity index (χ0n) is 12.4. The molecule has 0 saturated carbocycles. The molecule has 2 aromatic carbocycles. The van der Waals surface area contributed by atoms with E-state index in [0.717, 1.165) is 16.7 Å². The van der Waals surface area contributed by atoms with Crippen molar-refractivity contribution in [3.8, 4) is 0 Å². The molecule has 0 spiro atoms. The zero-order chi connectivity index (χ0) is 14.9. The van der Waals surface area contributed by atoms with Crippen LogP contribution in [-0.4, -0.2) is 5.11 Å². The molecule has 1 N–H and O–H groups in total. The van der Waals surface area contributed by atoms with Gasteiger partial charge in [0.05, 0.1) is 0 Å². The topological polar surface area (TPSA) is 20.2 Å². The predicted octanol–water partition coefficient (Wildman–Crippen LogP) is 5.03. The maximum absolute atomic E-state index is 10.5. The molecule has 0 heterocycles. The van der Waals surface area contributed by atoms with Gasteiger partial charge in [-0.05, 0) is 35.1 Å². The van der Waals surface area contributed by atoms with Gasteiger partial charge in [0.1, 0.15) is 6.10 Å². The van der Waals surface area contributed by atoms with Gasteiger partial charge in [0, 0.05) is 10.6 Å². The van der Waals surface area contributed by atoms with Crippen molar-refractivity contribution in [3.63, 3.8) is 0 Å². The molecular formula is C18H21ClO. The van der Waals surface area contributed by atoms with E-state index >= 15 is 0 Å². The highest BCUT2D eigenvalue weighted by Gasteiger charge is 2.17. The van der Waals surface area contributed by atoms with Crippen LogP contribution in [0.5, 0.6) is 0 Å². The Kier molecular flexibility index (Phi) is 4.22. The largest absolute Gasteiger partial charge is 0.384 e. The van der Waals surface area contributed by atoms with Gasteiger partial charge in [-0.1, -0.05) is 68.8 Å². The van der Waals surface area contributed by atoms with E-state index in [2.05, 4.69) is 32.9 Å². The highest BCUT2D eigenvalue weighted by atomic mass is 35.5. The van der Waals surface area contributed by atoms with E-state index in [-0.39, 0.29) is 5.41 Å². The van der Waals surface area contributed by atoms with Crippen LogP contribution in [0.4, 0.5) is 0 Å². The summed E-state index contributed by atoms with van der Waals surface area (Å²) in [4.78, 5) is 0. The summed E-state index contributed by atoms with van der Waals surface area (Å²) in [6, 6.07) is 13.8. The predicted molar refractivity (Wildman–Crippen MR) is 85.4 cm³/mol. The van der Waals surface area contributed by atoms with Crippen LogP contribution in [0.2, 0.25) is 5.02 Å². The number of rotatable bonds is 2. The van der Waals surface area contributed by atoms with Crippen LogP contribution in [0.1, 0.15) is 49.1 Å². The summed E-state index contributed by atoms with van der Waals surface area (Å²) in [7, 11) is 0. The van der Waals surface area contributed by atoms with Crippen molar-refractivity contribution >= 4 is 11.6 Å². The van der Waals surface area contributed by atoms with E-state index in [1.807, 2.05) is 37.3 Å². The van der Waals surface area contributed by atoms with E-state index in [4.69, 9.17) is 11.6 Å². The maximum Gasteiger partial charge on any atom is 0.105 e. The lowest BCUT2D eigenvalue weighted by molar-refractivity contribution is 0.220. The minimum atomic E-state index is -0.683. The molecular weight excluding hydrogens is 268 g/mol. The smallest absolute Gasteiger partial charge is 0.105 e. The minimum Gasteiger partial charge on any atom is -0.384 e. The van der Waals surface area contributed by atoms with Gasteiger partial charge in [-0.25, -0.2) is 0 Å². The standard InChI is InChI=1S/C18H21ClO/c1-12-5-10-15(16(19)11-12)17(20)13-6-8-14(9-7-13)18(2,3)4/h5-11,17,20H,1-4H3. The molecule has 20 heavy (non-hydrogen) atoms. The number of halogens is 1. The van der Waals surface area contributed by atoms with Gasteiger partial charge in [-0.2, -0.15) is 0 Å². The summed E-state index contributed by atoms with van der Waals surface area (Å²) in [5, 5.41) is 11.1. The SMILES string of the molecule is Cc1ccc(C(O)c2ccc(C(C)(C)C)cc2)c(Cl)c1. The number of hydrogen-bond acceptors (Lipinski definition) is 1. The number of aliphatic hydroxyl groups excluding tert-OH is 1. The van der Waals surface area contributed by atoms with E-state index < -0.39 is 6.10 Å². The number of hydrogen-bond donors (Lipinski definition) is 1. The van der Waals surface area contributed by atoms with Gasteiger partial charge < -0.3 is 5.11 Å². The molecule has 1 atom stereocenters. The third kappa shape index (κ3) is 3.23. The fourth-order valence-corrected chi connectivity index (χ4v) is 2.54. The molecule has 0 radical (unpaired) electrons. The third-order valence-corrected chi connectivity index (χ3v) is 3.87. The molecule has 2 rings (SSSR count). The molecule has 0 bridgehead atoms. The molecule has 0 aliphatic heterocycles. The van der Waals surface area contributed by atoms with Gasteiger partial charge in [-0.15, -0.1) is 0 Å². The van der Waals surface area contributed by atoms with Crippen molar-refractivity contribution < 1.29 is 5.11 Å². The summed E-state index contributed by atoms with van der Waals surface area (Å²) < 4.78 is 0. The van der Waals surface area contributed by atoms with Crippen LogP contribution in [0.25, 0.3) is 0 Å². The first-order valence-electron chi connectivity index (χ1n) is 6.83. The van der Waals surface area contributed by atoms with Gasteiger partial charge in [0.25, 0.3) is 0 Å². The molecule has 106 valence electrons. The van der Waals surface area contributed by atoms with E-state index in [1.54, 1.807) is 0 Å². The Morgan fingerprint density at radius 1 is 1.00 bits per heavy atom. The highest BCUT2D eigenvalue weighted by Crippen LogP contribution is 2.30. The average Bonchev–Trinajstić information content (AvgIpc) is 2.37. The molecule has 1 unspecified atom stereocenters. The van der Waals surface area contributed by atoms with Crippen molar-refractivity contribution in [2.24, 2.45) is 0 Å². The lowest BCUT2D eigenvalue weighted by Gasteiger charge is -2.20. The first-order chi connectivity index (χ1) is 9.29. The van der Waals surface area contributed by atoms with Gasteiger partial charge in [-0.3, -0.25) is 0 Å². The molecule has 1 nitrogen and oxygen atoms in total.